The molecule has 2 aromatic rings. The fraction of sp³-hybridized carbons (Fsp3) is 0.300. The Labute approximate surface area is 158 Å². The second-order valence-electron chi connectivity index (χ2n) is 6.07. The number of benzene rings is 2. The van der Waals surface area contributed by atoms with Crippen molar-refractivity contribution >= 4 is 29.1 Å². The van der Waals surface area contributed by atoms with Crippen LogP contribution >= 0.6 is 11.6 Å². The van der Waals surface area contributed by atoms with Crippen LogP contribution < -0.4 is 10.1 Å². The maximum atomic E-state index is 12.4. The van der Waals surface area contributed by atoms with E-state index in [9.17, 15) is 9.59 Å². The van der Waals surface area contributed by atoms with E-state index in [1.807, 2.05) is 37.3 Å². The molecule has 0 radical (unpaired) electrons. The molecule has 6 heteroatoms. The molecule has 138 valence electrons. The van der Waals surface area contributed by atoms with Crippen LogP contribution in [0.4, 0.5) is 5.69 Å². The Morgan fingerprint density at radius 3 is 2.62 bits per heavy atom. The summed E-state index contributed by atoms with van der Waals surface area (Å²) in [5, 5.41) is 3.47. The van der Waals surface area contributed by atoms with Gasteiger partial charge in [0.2, 0.25) is 11.8 Å². The molecule has 0 aliphatic rings. The quantitative estimate of drug-likeness (QED) is 0.804. The van der Waals surface area contributed by atoms with Gasteiger partial charge in [0.15, 0.2) is 0 Å². The number of amides is 2. The van der Waals surface area contributed by atoms with Gasteiger partial charge in [-0.25, -0.2) is 0 Å². The number of hydrogen-bond donors (Lipinski definition) is 1. The molecule has 0 fully saturated rings. The minimum atomic E-state index is -0.268. The van der Waals surface area contributed by atoms with E-state index < -0.39 is 0 Å². The third kappa shape index (κ3) is 5.77. The molecule has 0 unspecified atom stereocenters. The minimum absolute atomic E-state index is 0.0208. The molecule has 26 heavy (non-hydrogen) atoms. The average Bonchev–Trinajstić information content (AvgIpc) is 2.58. The highest BCUT2D eigenvalue weighted by Crippen LogP contribution is 2.25. The van der Waals surface area contributed by atoms with E-state index in [1.54, 1.807) is 19.2 Å². The van der Waals surface area contributed by atoms with E-state index in [0.29, 0.717) is 29.4 Å². The summed E-state index contributed by atoms with van der Waals surface area (Å²) in [4.78, 5) is 25.8. The second kappa shape index (κ2) is 9.25. The average molecular weight is 375 g/mol. The first-order chi connectivity index (χ1) is 12.4. The number of carbonyl (C=O) groups is 2. The van der Waals surface area contributed by atoms with Gasteiger partial charge >= 0.3 is 0 Å². The Hall–Kier alpha value is -2.53. The number of halogens is 1. The fourth-order valence-electron chi connectivity index (χ4n) is 2.59. The molecule has 1 N–H and O–H groups in total. The van der Waals surface area contributed by atoms with Gasteiger partial charge in [0, 0.05) is 18.5 Å². The summed E-state index contributed by atoms with van der Waals surface area (Å²) >= 11 is 5.98. The summed E-state index contributed by atoms with van der Waals surface area (Å²) in [5.41, 5.74) is 2.62. The molecule has 0 spiro atoms. The molecule has 0 heterocycles. The Bertz CT molecular complexity index is 792. The summed E-state index contributed by atoms with van der Waals surface area (Å²) < 4.78 is 5.26. The van der Waals surface area contributed by atoms with Crippen LogP contribution in [-0.2, 0) is 16.0 Å². The lowest BCUT2D eigenvalue weighted by Gasteiger charge is -2.21. The Morgan fingerprint density at radius 1 is 1.19 bits per heavy atom. The number of rotatable bonds is 7. The lowest BCUT2D eigenvalue weighted by molar-refractivity contribution is -0.132. The molecule has 5 nitrogen and oxygen atoms in total. The molecule has 0 aliphatic carbocycles. The van der Waals surface area contributed by atoms with Gasteiger partial charge in [-0.2, -0.15) is 0 Å². The van der Waals surface area contributed by atoms with Crippen molar-refractivity contribution in [3.8, 4) is 5.75 Å². The van der Waals surface area contributed by atoms with Crippen LogP contribution in [0.5, 0.6) is 5.75 Å². The first-order valence-corrected chi connectivity index (χ1v) is 8.71. The molecule has 0 aliphatic heterocycles. The lowest BCUT2D eigenvalue weighted by Crippen LogP contribution is -2.38. The van der Waals surface area contributed by atoms with Gasteiger partial charge in [-0.3, -0.25) is 9.59 Å². The van der Waals surface area contributed by atoms with Crippen LogP contribution in [0.2, 0.25) is 5.02 Å². The van der Waals surface area contributed by atoms with Crippen LogP contribution in [0.25, 0.3) is 0 Å². The normalized spacial score (nSPS) is 10.3. The molecule has 0 aromatic heterocycles. The van der Waals surface area contributed by atoms with Crippen molar-refractivity contribution in [3.05, 3.63) is 58.6 Å². The molecule has 2 rings (SSSR count). The molecule has 2 aromatic carbocycles. The van der Waals surface area contributed by atoms with Crippen molar-refractivity contribution in [1.82, 2.24) is 4.90 Å². The SMILES string of the molecule is COc1ccc(C)cc1NC(=O)CN(CCc1cccc(Cl)c1)C(C)=O. The van der Waals surface area contributed by atoms with E-state index in [4.69, 9.17) is 16.3 Å². The third-order valence-corrected chi connectivity index (χ3v) is 4.20. The third-order valence-electron chi connectivity index (χ3n) is 3.97. The van der Waals surface area contributed by atoms with Gasteiger partial charge in [0.25, 0.3) is 0 Å². The number of methoxy groups -OCH3 is 1. The van der Waals surface area contributed by atoms with E-state index in [2.05, 4.69) is 5.32 Å². The molecule has 0 atom stereocenters. The van der Waals surface area contributed by atoms with Crippen LogP contribution in [-0.4, -0.2) is 36.9 Å². The first-order valence-electron chi connectivity index (χ1n) is 8.33. The summed E-state index contributed by atoms with van der Waals surface area (Å²) in [6, 6.07) is 13.0. The summed E-state index contributed by atoms with van der Waals surface area (Å²) in [6.07, 6.45) is 0.626. The zero-order chi connectivity index (χ0) is 19.1. The Morgan fingerprint density at radius 2 is 1.96 bits per heavy atom. The minimum Gasteiger partial charge on any atom is -0.495 e. The number of anilines is 1. The monoisotopic (exact) mass is 374 g/mol. The van der Waals surface area contributed by atoms with E-state index >= 15 is 0 Å². The van der Waals surface area contributed by atoms with Gasteiger partial charge in [0.05, 0.1) is 19.3 Å². The number of aryl methyl sites for hydroxylation is 1. The second-order valence-corrected chi connectivity index (χ2v) is 6.51. The maximum Gasteiger partial charge on any atom is 0.244 e. The number of ether oxygens (including phenoxy) is 1. The predicted octanol–water partition coefficient (Wildman–Crippen LogP) is 3.69. The topological polar surface area (TPSA) is 58.6 Å². The van der Waals surface area contributed by atoms with Gasteiger partial charge in [-0.1, -0.05) is 29.8 Å². The van der Waals surface area contributed by atoms with Gasteiger partial charge in [-0.15, -0.1) is 0 Å². The standard InChI is InChI=1S/C20H23ClN2O3/c1-14-7-8-19(26-3)18(11-14)22-20(25)13-23(15(2)24)10-9-16-5-4-6-17(21)12-16/h4-8,11-12H,9-10,13H2,1-3H3,(H,22,25). The van der Waals surface area contributed by atoms with Gasteiger partial charge in [0.1, 0.15) is 5.75 Å². The highest BCUT2D eigenvalue weighted by molar-refractivity contribution is 6.30. The zero-order valence-electron chi connectivity index (χ0n) is 15.2. The zero-order valence-corrected chi connectivity index (χ0v) is 16.0. The van der Waals surface area contributed by atoms with Gasteiger partial charge in [-0.05, 0) is 48.7 Å². The number of nitrogens with zero attached hydrogens (tertiary/aromatic N) is 1. The Kier molecular flexibility index (Phi) is 7.04. The summed E-state index contributed by atoms with van der Waals surface area (Å²) in [6.45, 7) is 3.81. The fourth-order valence-corrected chi connectivity index (χ4v) is 2.80. The predicted molar refractivity (Wildman–Crippen MR) is 104 cm³/mol. The van der Waals surface area contributed by atoms with Crippen molar-refractivity contribution in [2.75, 3.05) is 25.5 Å². The molecular weight excluding hydrogens is 352 g/mol. The highest BCUT2D eigenvalue weighted by atomic mass is 35.5. The van der Waals surface area contributed by atoms with E-state index in [1.165, 1.54) is 11.8 Å². The van der Waals surface area contributed by atoms with E-state index in [-0.39, 0.29) is 18.4 Å². The summed E-state index contributed by atoms with van der Waals surface area (Å²) in [5.74, 6) is 0.158. The van der Waals surface area contributed by atoms with Crippen molar-refractivity contribution in [3.63, 3.8) is 0 Å². The first kappa shape index (κ1) is 19.8. The molecular formula is C20H23ClN2O3. The van der Waals surface area contributed by atoms with Crippen LogP contribution in [0.3, 0.4) is 0 Å². The number of nitrogens with one attached hydrogen (secondary N) is 1. The van der Waals surface area contributed by atoms with E-state index in [0.717, 1.165) is 11.1 Å². The molecule has 0 saturated heterocycles. The van der Waals surface area contributed by atoms with Crippen molar-refractivity contribution in [2.45, 2.75) is 20.3 Å². The van der Waals surface area contributed by atoms with Crippen LogP contribution in [0, 0.1) is 6.92 Å². The largest absolute Gasteiger partial charge is 0.495 e. The van der Waals surface area contributed by atoms with Crippen LogP contribution in [0.15, 0.2) is 42.5 Å². The van der Waals surface area contributed by atoms with Crippen molar-refractivity contribution < 1.29 is 14.3 Å². The number of carbonyl (C=O) groups excluding carboxylic acids is 2. The summed E-state index contributed by atoms with van der Waals surface area (Å²) in [7, 11) is 1.55. The van der Waals surface area contributed by atoms with Crippen molar-refractivity contribution in [1.29, 1.82) is 0 Å². The Balaban J connectivity index is 1.99. The lowest BCUT2D eigenvalue weighted by atomic mass is 10.1. The maximum absolute atomic E-state index is 12.4. The number of hydrogen-bond acceptors (Lipinski definition) is 3. The van der Waals surface area contributed by atoms with Gasteiger partial charge < -0.3 is 15.0 Å². The molecule has 0 bridgehead atoms. The van der Waals surface area contributed by atoms with Crippen molar-refractivity contribution in [2.24, 2.45) is 0 Å². The highest BCUT2D eigenvalue weighted by Gasteiger charge is 2.15. The molecule has 2 amide bonds. The van der Waals surface area contributed by atoms with Crippen LogP contribution in [0.1, 0.15) is 18.1 Å². The smallest absolute Gasteiger partial charge is 0.244 e. The molecule has 0 saturated carbocycles.